The van der Waals surface area contributed by atoms with Crippen LogP contribution in [-0.4, -0.2) is 71.2 Å². The van der Waals surface area contributed by atoms with Gasteiger partial charge in [0.15, 0.2) is 0 Å². The molecule has 0 bridgehead atoms. The van der Waals surface area contributed by atoms with Crippen LogP contribution in [0, 0.1) is 5.92 Å². The lowest BCUT2D eigenvalue weighted by Gasteiger charge is -2.41. The van der Waals surface area contributed by atoms with Crippen LogP contribution in [0.25, 0.3) is 0 Å². The van der Waals surface area contributed by atoms with E-state index < -0.39 is 6.09 Å². The van der Waals surface area contributed by atoms with E-state index in [-0.39, 0.29) is 0 Å². The van der Waals surface area contributed by atoms with Crippen LogP contribution in [0.1, 0.15) is 25.3 Å². The van der Waals surface area contributed by atoms with Gasteiger partial charge in [0, 0.05) is 38.8 Å². The molecule has 2 saturated heterocycles. The minimum atomic E-state index is -0.782. The Morgan fingerprint density at radius 2 is 1.83 bits per heavy atom. The molecule has 0 spiro atoms. The van der Waals surface area contributed by atoms with Crippen molar-refractivity contribution in [3.05, 3.63) is 35.9 Å². The highest BCUT2D eigenvalue weighted by atomic mass is 16.4. The van der Waals surface area contributed by atoms with E-state index in [4.69, 9.17) is 5.11 Å². The van der Waals surface area contributed by atoms with Gasteiger partial charge in [-0.1, -0.05) is 30.3 Å². The molecule has 2 aliphatic heterocycles. The van der Waals surface area contributed by atoms with Crippen LogP contribution in [-0.2, 0) is 6.54 Å². The van der Waals surface area contributed by atoms with Gasteiger partial charge in [-0.15, -0.1) is 0 Å². The molecule has 0 radical (unpaired) electrons. The standard InChI is InChI=1S/C19H29N3O2/c1-16-13-22(19(23)24)12-11-21(16)15-18-7-9-20(10-8-18)14-17-5-3-2-4-6-17/h2-6,16,18H,7-15H2,1H3,(H,23,24). The third-order valence-corrected chi connectivity index (χ3v) is 5.48. The van der Waals surface area contributed by atoms with Crippen molar-refractivity contribution >= 4 is 6.09 Å². The summed E-state index contributed by atoms with van der Waals surface area (Å²) in [7, 11) is 0. The van der Waals surface area contributed by atoms with Gasteiger partial charge in [-0.2, -0.15) is 0 Å². The molecule has 1 amide bonds. The van der Waals surface area contributed by atoms with E-state index in [0.717, 1.165) is 25.6 Å². The minimum Gasteiger partial charge on any atom is -0.465 e. The summed E-state index contributed by atoms with van der Waals surface area (Å²) in [5.74, 6) is 0.746. The first-order valence-electron chi connectivity index (χ1n) is 9.10. The predicted molar refractivity (Wildman–Crippen MR) is 95.1 cm³/mol. The monoisotopic (exact) mass is 331 g/mol. The number of hydrogen-bond donors (Lipinski definition) is 1. The number of hydrogen-bond acceptors (Lipinski definition) is 3. The molecule has 1 aromatic carbocycles. The van der Waals surface area contributed by atoms with Crippen molar-refractivity contribution in [1.82, 2.24) is 14.7 Å². The van der Waals surface area contributed by atoms with E-state index in [0.29, 0.717) is 19.1 Å². The van der Waals surface area contributed by atoms with E-state index in [1.54, 1.807) is 4.90 Å². The van der Waals surface area contributed by atoms with Gasteiger partial charge in [0.05, 0.1) is 0 Å². The van der Waals surface area contributed by atoms with E-state index >= 15 is 0 Å². The highest BCUT2D eigenvalue weighted by Gasteiger charge is 2.29. The zero-order valence-electron chi connectivity index (χ0n) is 14.6. The Kier molecular flexibility index (Phi) is 5.74. The molecule has 2 aliphatic rings. The van der Waals surface area contributed by atoms with Crippen LogP contribution in [0.5, 0.6) is 0 Å². The highest BCUT2D eigenvalue weighted by Crippen LogP contribution is 2.22. The fourth-order valence-electron chi connectivity index (χ4n) is 3.94. The molecule has 2 heterocycles. The molecule has 132 valence electrons. The molecule has 5 heteroatoms. The largest absolute Gasteiger partial charge is 0.465 e. The molecule has 5 nitrogen and oxygen atoms in total. The Morgan fingerprint density at radius 3 is 2.46 bits per heavy atom. The van der Waals surface area contributed by atoms with Crippen molar-refractivity contribution in [1.29, 1.82) is 0 Å². The van der Waals surface area contributed by atoms with Gasteiger partial charge in [0.2, 0.25) is 0 Å². The van der Waals surface area contributed by atoms with Gasteiger partial charge < -0.3 is 10.0 Å². The summed E-state index contributed by atoms with van der Waals surface area (Å²) in [5.41, 5.74) is 1.40. The SMILES string of the molecule is CC1CN(C(=O)O)CCN1CC1CCN(Cc2ccccc2)CC1. The lowest BCUT2D eigenvalue weighted by Crippen LogP contribution is -2.54. The molecule has 0 aliphatic carbocycles. The quantitative estimate of drug-likeness (QED) is 0.921. The second-order valence-electron chi connectivity index (χ2n) is 7.28. The number of benzene rings is 1. The van der Waals surface area contributed by atoms with E-state index in [1.165, 1.54) is 31.5 Å². The van der Waals surface area contributed by atoms with E-state index in [2.05, 4.69) is 47.1 Å². The number of nitrogens with zero attached hydrogens (tertiary/aromatic N) is 3. The zero-order valence-corrected chi connectivity index (χ0v) is 14.6. The van der Waals surface area contributed by atoms with Crippen molar-refractivity contribution in [2.75, 3.05) is 39.3 Å². The van der Waals surface area contributed by atoms with Gasteiger partial charge >= 0.3 is 6.09 Å². The second-order valence-corrected chi connectivity index (χ2v) is 7.28. The predicted octanol–water partition coefficient (Wildman–Crippen LogP) is 2.58. The molecule has 1 aromatic rings. The third kappa shape index (κ3) is 4.48. The number of rotatable bonds is 4. The van der Waals surface area contributed by atoms with Gasteiger partial charge in [-0.3, -0.25) is 9.80 Å². The molecule has 0 aromatic heterocycles. The molecular formula is C19H29N3O2. The van der Waals surface area contributed by atoms with Crippen molar-refractivity contribution in [3.63, 3.8) is 0 Å². The van der Waals surface area contributed by atoms with Crippen LogP contribution in [0.2, 0.25) is 0 Å². The van der Waals surface area contributed by atoms with Gasteiger partial charge in [0.1, 0.15) is 0 Å². The van der Waals surface area contributed by atoms with Gasteiger partial charge in [0.25, 0.3) is 0 Å². The van der Waals surface area contributed by atoms with Crippen LogP contribution in [0.15, 0.2) is 30.3 Å². The number of piperidine rings is 1. The van der Waals surface area contributed by atoms with Crippen LogP contribution in [0.4, 0.5) is 4.79 Å². The van der Waals surface area contributed by atoms with Crippen molar-refractivity contribution in [2.24, 2.45) is 5.92 Å². The maximum atomic E-state index is 11.1. The lowest BCUT2D eigenvalue weighted by atomic mass is 9.95. The van der Waals surface area contributed by atoms with Crippen LogP contribution >= 0.6 is 0 Å². The average molecular weight is 331 g/mol. The zero-order chi connectivity index (χ0) is 16.9. The minimum absolute atomic E-state index is 0.331. The summed E-state index contributed by atoms with van der Waals surface area (Å²) in [6, 6.07) is 11.0. The number of piperazine rings is 1. The first-order valence-corrected chi connectivity index (χ1v) is 9.10. The second kappa shape index (κ2) is 7.99. The number of likely N-dealkylation sites (tertiary alicyclic amines) is 1. The Labute approximate surface area is 144 Å². The third-order valence-electron chi connectivity index (χ3n) is 5.48. The van der Waals surface area contributed by atoms with E-state index in [9.17, 15) is 4.79 Å². The summed E-state index contributed by atoms with van der Waals surface area (Å²) in [4.78, 5) is 17.7. The lowest BCUT2D eigenvalue weighted by molar-refractivity contribution is 0.0548. The molecule has 1 atom stereocenters. The summed E-state index contributed by atoms with van der Waals surface area (Å²) in [5, 5.41) is 9.12. The maximum absolute atomic E-state index is 11.1. The highest BCUT2D eigenvalue weighted by molar-refractivity contribution is 5.65. The Bertz CT molecular complexity index is 529. The van der Waals surface area contributed by atoms with Crippen LogP contribution in [0.3, 0.4) is 0 Å². The molecule has 3 rings (SSSR count). The van der Waals surface area contributed by atoms with E-state index in [1.807, 2.05) is 0 Å². The molecule has 2 fully saturated rings. The summed E-state index contributed by atoms with van der Waals surface area (Å²) >= 11 is 0. The van der Waals surface area contributed by atoms with Gasteiger partial charge in [-0.05, 0) is 44.3 Å². The average Bonchev–Trinajstić information content (AvgIpc) is 2.59. The fourth-order valence-corrected chi connectivity index (χ4v) is 3.94. The maximum Gasteiger partial charge on any atom is 0.407 e. The number of amides is 1. The van der Waals surface area contributed by atoms with Crippen molar-refractivity contribution in [2.45, 2.75) is 32.4 Å². The van der Waals surface area contributed by atoms with Crippen molar-refractivity contribution in [3.8, 4) is 0 Å². The first-order chi connectivity index (χ1) is 11.6. The smallest absolute Gasteiger partial charge is 0.407 e. The van der Waals surface area contributed by atoms with Crippen LogP contribution < -0.4 is 0 Å². The first kappa shape index (κ1) is 17.2. The Balaban J connectivity index is 1.42. The normalized spacial score (nSPS) is 24.2. The molecular weight excluding hydrogens is 302 g/mol. The summed E-state index contributed by atoms with van der Waals surface area (Å²) < 4.78 is 0. The molecule has 1 N–H and O–H groups in total. The Morgan fingerprint density at radius 1 is 1.12 bits per heavy atom. The van der Waals surface area contributed by atoms with Crippen molar-refractivity contribution < 1.29 is 9.90 Å². The molecule has 24 heavy (non-hydrogen) atoms. The summed E-state index contributed by atoms with van der Waals surface area (Å²) in [6.07, 6.45) is 1.72. The molecule has 1 unspecified atom stereocenters. The number of carbonyl (C=O) groups is 1. The Hall–Kier alpha value is -1.59. The molecule has 0 saturated carbocycles. The number of carboxylic acid groups (broad SMARTS) is 1. The van der Waals surface area contributed by atoms with Gasteiger partial charge in [-0.25, -0.2) is 4.79 Å². The fraction of sp³-hybridized carbons (Fsp3) is 0.632. The topological polar surface area (TPSA) is 47.0 Å². The summed E-state index contributed by atoms with van der Waals surface area (Å²) in [6.45, 7) is 8.83.